The lowest BCUT2D eigenvalue weighted by Gasteiger charge is -2.32. The van der Waals surface area contributed by atoms with Crippen LogP contribution in [0.1, 0.15) is 16.7 Å². The molecular formula is C26H25N7O. The fourth-order valence-electron chi connectivity index (χ4n) is 4.53. The molecule has 0 saturated carbocycles. The Labute approximate surface area is 196 Å². The molecule has 0 amide bonds. The van der Waals surface area contributed by atoms with Gasteiger partial charge >= 0.3 is 0 Å². The molecule has 0 atom stereocenters. The molecule has 4 heterocycles. The summed E-state index contributed by atoms with van der Waals surface area (Å²) >= 11 is 0. The van der Waals surface area contributed by atoms with Crippen molar-refractivity contribution in [2.45, 2.75) is 6.92 Å². The third-order valence-electron chi connectivity index (χ3n) is 6.52. The van der Waals surface area contributed by atoms with Gasteiger partial charge in [-0.25, -0.2) is 9.97 Å². The smallest absolute Gasteiger partial charge is 0.225 e. The Morgan fingerprint density at radius 3 is 2.56 bits per heavy atom. The van der Waals surface area contributed by atoms with Crippen LogP contribution in [0.3, 0.4) is 0 Å². The number of rotatable bonds is 3. The highest BCUT2D eigenvalue weighted by Crippen LogP contribution is 2.29. The second-order valence-electron chi connectivity index (χ2n) is 8.97. The lowest BCUT2D eigenvalue weighted by Crippen LogP contribution is -2.45. The Balaban J connectivity index is 1.34. The Bertz CT molecular complexity index is 1540. The van der Waals surface area contributed by atoms with Crippen LogP contribution < -0.4 is 15.3 Å². The molecule has 8 nitrogen and oxygen atoms in total. The van der Waals surface area contributed by atoms with Crippen LogP contribution in [0.2, 0.25) is 0 Å². The Kier molecular flexibility index (Phi) is 4.88. The van der Waals surface area contributed by atoms with E-state index in [1.807, 2.05) is 55.7 Å². The molecule has 34 heavy (non-hydrogen) atoms. The Hall–Kier alpha value is -4.04. The summed E-state index contributed by atoms with van der Waals surface area (Å²) in [5.41, 5.74) is 5.24. The molecule has 1 fully saturated rings. The number of aromatic hydroxyl groups is 1. The predicted molar refractivity (Wildman–Crippen MR) is 133 cm³/mol. The van der Waals surface area contributed by atoms with Crippen LogP contribution in [0.4, 0.5) is 11.6 Å². The number of piperazine rings is 1. The van der Waals surface area contributed by atoms with Crippen molar-refractivity contribution < 1.29 is 5.11 Å². The maximum absolute atomic E-state index is 10.4. The van der Waals surface area contributed by atoms with Crippen molar-refractivity contribution in [2.75, 3.05) is 38.1 Å². The van der Waals surface area contributed by atoms with Gasteiger partial charge in [-0.05, 0) is 49.5 Å². The van der Waals surface area contributed by atoms with E-state index in [2.05, 4.69) is 48.1 Å². The van der Waals surface area contributed by atoms with Gasteiger partial charge in [0.05, 0.1) is 5.69 Å². The molecule has 0 spiro atoms. The zero-order chi connectivity index (χ0) is 23.2. The molecule has 2 aliphatic rings. The molecule has 0 aliphatic carbocycles. The van der Waals surface area contributed by atoms with Crippen LogP contribution in [-0.2, 0) is 0 Å². The number of hydrogen-bond donors (Lipinski definition) is 2. The summed E-state index contributed by atoms with van der Waals surface area (Å²) in [6.45, 7) is 5.93. The highest BCUT2D eigenvalue weighted by molar-refractivity contribution is 5.92. The quantitative estimate of drug-likeness (QED) is 0.500. The van der Waals surface area contributed by atoms with Crippen molar-refractivity contribution in [3.05, 3.63) is 75.9 Å². The number of anilines is 1. The molecule has 1 saturated heterocycles. The van der Waals surface area contributed by atoms with Crippen molar-refractivity contribution in [1.29, 1.82) is 0 Å². The van der Waals surface area contributed by atoms with E-state index in [0.717, 1.165) is 81.5 Å². The van der Waals surface area contributed by atoms with Crippen molar-refractivity contribution in [3.8, 4) is 5.88 Å². The van der Waals surface area contributed by atoms with Gasteiger partial charge in [0.25, 0.3) is 0 Å². The van der Waals surface area contributed by atoms with Gasteiger partial charge in [-0.1, -0.05) is 17.7 Å². The third-order valence-corrected chi connectivity index (χ3v) is 6.52. The second-order valence-corrected chi connectivity index (χ2v) is 8.97. The number of aryl methyl sites for hydroxylation is 1. The van der Waals surface area contributed by atoms with E-state index in [4.69, 9.17) is 0 Å². The van der Waals surface area contributed by atoms with Crippen LogP contribution in [0.15, 0.2) is 59.0 Å². The van der Waals surface area contributed by atoms with E-state index in [0.29, 0.717) is 0 Å². The average molecular weight is 452 g/mol. The van der Waals surface area contributed by atoms with Crippen molar-refractivity contribution in [3.63, 3.8) is 0 Å². The lowest BCUT2D eigenvalue weighted by molar-refractivity contribution is 0.311. The molecule has 2 N–H and O–H groups in total. The molecule has 170 valence electrons. The molecule has 2 aromatic carbocycles. The number of hydrogen-bond acceptors (Lipinski definition) is 7. The van der Waals surface area contributed by atoms with Crippen molar-refractivity contribution >= 4 is 34.3 Å². The fraction of sp³-hybridized carbons (Fsp3) is 0.231. The van der Waals surface area contributed by atoms with E-state index in [1.165, 1.54) is 0 Å². The molecule has 4 aromatic rings. The van der Waals surface area contributed by atoms with Crippen LogP contribution in [0.25, 0.3) is 22.7 Å². The van der Waals surface area contributed by atoms with Gasteiger partial charge in [0, 0.05) is 65.8 Å². The molecule has 0 unspecified atom stereocenters. The van der Waals surface area contributed by atoms with E-state index in [-0.39, 0.29) is 5.88 Å². The van der Waals surface area contributed by atoms with E-state index >= 15 is 0 Å². The molecule has 2 aliphatic heterocycles. The van der Waals surface area contributed by atoms with Gasteiger partial charge in [-0.15, -0.1) is 10.2 Å². The van der Waals surface area contributed by atoms with Gasteiger partial charge in [0.2, 0.25) is 5.95 Å². The number of benzene rings is 2. The SMILES string of the molecule is Cc1ccc2[nH]c(O)c(C=c3ccc4c(c3)N=NC=4c3cnc(N4CCN(C)CC4)nc3)c2c1. The molecule has 8 heteroatoms. The number of azo groups is 1. The Morgan fingerprint density at radius 2 is 1.76 bits per heavy atom. The van der Waals surface area contributed by atoms with Gasteiger partial charge < -0.3 is 19.9 Å². The first-order valence-corrected chi connectivity index (χ1v) is 11.4. The highest BCUT2D eigenvalue weighted by Gasteiger charge is 2.18. The van der Waals surface area contributed by atoms with E-state index < -0.39 is 0 Å². The van der Waals surface area contributed by atoms with Crippen LogP contribution in [0, 0.1) is 6.92 Å². The summed E-state index contributed by atoms with van der Waals surface area (Å²) in [5.74, 6) is 0.916. The van der Waals surface area contributed by atoms with Crippen molar-refractivity contribution in [1.82, 2.24) is 19.9 Å². The number of likely N-dealkylation sites (N-methyl/N-ethyl adjacent to an activating group) is 1. The van der Waals surface area contributed by atoms with Crippen LogP contribution in [0.5, 0.6) is 5.88 Å². The summed E-state index contributed by atoms with van der Waals surface area (Å²) in [7, 11) is 2.13. The minimum atomic E-state index is 0.160. The highest BCUT2D eigenvalue weighted by atomic mass is 16.3. The standard InChI is InChI=1S/C26H25N7O/c1-16-3-6-22-20(11-16)21(25(34)29-22)12-17-4-5-19-23(13-17)30-31-24(19)18-14-27-26(28-15-18)33-9-7-32(2)8-10-33/h3-6,11-15,29,34H,7-10H2,1-2H3. The lowest BCUT2D eigenvalue weighted by atomic mass is 10.1. The summed E-state index contributed by atoms with van der Waals surface area (Å²) < 4.78 is 0. The van der Waals surface area contributed by atoms with Gasteiger partial charge in [-0.2, -0.15) is 0 Å². The van der Waals surface area contributed by atoms with E-state index in [1.54, 1.807) is 0 Å². The molecular weight excluding hydrogens is 426 g/mol. The largest absolute Gasteiger partial charge is 0.494 e. The average Bonchev–Trinajstić information content (AvgIpc) is 3.40. The summed E-state index contributed by atoms with van der Waals surface area (Å²) in [6, 6.07) is 12.1. The molecule has 0 radical (unpaired) electrons. The van der Waals surface area contributed by atoms with Crippen LogP contribution >= 0.6 is 0 Å². The fourth-order valence-corrected chi connectivity index (χ4v) is 4.53. The first-order chi connectivity index (χ1) is 16.5. The van der Waals surface area contributed by atoms with Crippen molar-refractivity contribution in [2.24, 2.45) is 10.2 Å². The normalized spacial score (nSPS) is 16.6. The third kappa shape index (κ3) is 3.62. The molecule has 0 bridgehead atoms. The summed E-state index contributed by atoms with van der Waals surface area (Å²) in [5, 5.41) is 22.1. The number of nitrogens with one attached hydrogen (secondary N) is 1. The predicted octanol–water partition coefficient (Wildman–Crippen LogP) is 2.81. The maximum Gasteiger partial charge on any atom is 0.225 e. The summed E-state index contributed by atoms with van der Waals surface area (Å²) in [6.07, 6.45) is 5.63. The minimum Gasteiger partial charge on any atom is -0.494 e. The Morgan fingerprint density at radius 1 is 0.971 bits per heavy atom. The second kappa shape index (κ2) is 8.07. The van der Waals surface area contributed by atoms with Gasteiger partial charge in [0.1, 0.15) is 5.70 Å². The minimum absolute atomic E-state index is 0.160. The van der Waals surface area contributed by atoms with Gasteiger partial charge in [0.15, 0.2) is 5.88 Å². The number of H-pyrrole nitrogens is 1. The zero-order valence-electron chi connectivity index (χ0n) is 19.2. The van der Waals surface area contributed by atoms with Crippen LogP contribution in [-0.4, -0.2) is 58.2 Å². The number of aromatic amines is 1. The number of nitrogens with zero attached hydrogens (tertiary/aromatic N) is 6. The van der Waals surface area contributed by atoms with Gasteiger partial charge in [-0.3, -0.25) is 0 Å². The summed E-state index contributed by atoms with van der Waals surface area (Å²) in [4.78, 5) is 16.8. The van der Waals surface area contributed by atoms with E-state index in [9.17, 15) is 5.11 Å². The monoisotopic (exact) mass is 451 g/mol. The zero-order valence-corrected chi connectivity index (χ0v) is 19.2. The maximum atomic E-state index is 10.4. The number of aromatic nitrogens is 3. The molecule has 2 aromatic heterocycles. The first kappa shape index (κ1) is 20.6. The number of fused-ring (bicyclic) bond motifs is 2. The topological polar surface area (TPSA) is 93.0 Å². The first-order valence-electron chi connectivity index (χ1n) is 11.4. The molecule has 6 rings (SSSR count).